The van der Waals surface area contributed by atoms with Gasteiger partial charge in [-0.3, -0.25) is 14.5 Å². The predicted octanol–water partition coefficient (Wildman–Crippen LogP) is 10.3. The summed E-state index contributed by atoms with van der Waals surface area (Å²) in [5.74, 6) is 2.30. The van der Waals surface area contributed by atoms with Gasteiger partial charge in [-0.2, -0.15) is 13.2 Å². The van der Waals surface area contributed by atoms with Crippen molar-refractivity contribution in [2.24, 2.45) is 0 Å². The Labute approximate surface area is 277 Å². The van der Waals surface area contributed by atoms with E-state index in [9.17, 15) is 13.2 Å². The van der Waals surface area contributed by atoms with E-state index in [0.717, 1.165) is 45.7 Å². The van der Waals surface area contributed by atoms with Gasteiger partial charge in [0.1, 0.15) is 23.0 Å². The molecule has 0 saturated carbocycles. The van der Waals surface area contributed by atoms with Crippen molar-refractivity contribution in [3.63, 3.8) is 0 Å². The Hall–Kier alpha value is -6.55. The molecule has 0 amide bonds. The Morgan fingerprint density at radius 3 is 1.43 bits per heavy atom. The quantitative estimate of drug-likeness (QED) is 0.171. The van der Waals surface area contributed by atoms with Crippen LogP contribution in [0.3, 0.4) is 0 Å². The van der Waals surface area contributed by atoms with Crippen molar-refractivity contribution < 1.29 is 22.6 Å². The molecule has 0 aliphatic heterocycles. The van der Waals surface area contributed by atoms with Crippen molar-refractivity contribution in [2.45, 2.75) is 6.18 Å². The second-order valence-corrected chi connectivity index (χ2v) is 11.2. The topological polar surface area (TPSA) is 75.0 Å². The second kappa shape index (κ2) is 12.2. The summed E-state index contributed by atoms with van der Waals surface area (Å²) in [6.45, 7) is 0. The lowest BCUT2D eigenvalue weighted by Gasteiger charge is -2.11. The zero-order valence-corrected chi connectivity index (χ0v) is 25.5. The van der Waals surface area contributed by atoms with Crippen LogP contribution >= 0.6 is 0 Å². The van der Waals surface area contributed by atoms with Crippen LogP contribution in [0, 0.1) is 0 Å². The normalized spacial score (nSPS) is 11.6. The number of benzene rings is 4. The first kappa shape index (κ1) is 29.8. The van der Waals surface area contributed by atoms with Crippen LogP contribution in [0.25, 0.3) is 50.3 Å². The highest BCUT2D eigenvalue weighted by Crippen LogP contribution is 2.38. The molecule has 4 heterocycles. The molecule has 0 radical (unpaired) electrons. The van der Waals surface area contributed by atoms with Gasteiger partial charge < -0.3 is 9.47 Å². The highest BCUT2D eigenvalue weighted by atomic mass is 19.4. The van der Waals surface area contributed by atoms with Gasteiger partial charge in [0.25, 0.3) is 0 Å². The lowest BCUT2D eigenvalue weighted by atomic mass is 10.1. The molecule has 0 atom stereocenters. The summed E-state index contributed by atoms with van der Waals surface area (Å²) in [6.07, 6.45) is 0.457. The average molecular weight is 652 g/mol. The van der Waals surface area contributed by atoms with E-state index in [1.165, 1.54) is 0 Å². The molecular weight excluding hydrogens is 627 g/mol. The van der Waals surface area contributed by atoms with Gasteiger partial charge in [0.2, 0.25) is 5.95 Å². The van der Waals surface area contributed by atoms with Gasteiger partial charge in [0.15, 0.2) is 0 Å². The molecule has 0 spiro atoms. The largest absolute Gasteiger partial charge is 0.457 e. The maximum Gasteiger partial charge on any atom is 0.419 e. The molecule has 0 fully saturated rings. The minimum absolute atomic E-state index is 0.0663. The molecule has 238 valence electrons. The molecule has 4 aromatic carbocycles. The van der Waals surface area contributed by atoms with Gasteiger partial charge in [-0.05, 0) is 72.8 Å². The van der Waals surface area contributed by atoms with E-state index in [-0.39, 0.29) is 5.95 Å². The van der Waals surface area contributed by atoms with E-state index in [0.29, 0.717) is 34.0 Å². The van der Waals surface area contributed by atoms with E-state index in [4.69, 9.17) is 9.47 Å². The first-order valence-corrected chi connectivity index (χ1v) is 15.3. The van der Waals surface area contributed by atoms with E-state index < -0.39 is 11.7 Å². The number of halogens is 3. The number of fused-ring (bicyclic) bond motifs is 3. The number of nitrogens with zero attached hydrogens (tertiary/aromatic N) is 5. The van der Waals surface area contributed by atoms with Crippen molar-refractivity contribution >= 4 is 21.8 Å². The minimum atomic E-state index is -4.57. The van der Waals surface area contributed by atoms with Crippen molar-refractivity contribution in [1.29, 1.82) is 0 Å². The third-order valence-corrected chi connectivity index (χ3v) is 7.94. The number of hydrogen-bond acceptors (Lipinski definition) is 6. The van der Waals surface area contributed by atoms with Crippen LogP contribution in [-0.2, 0) is 6.18 Å². The number of aromatic nitrogens is 5. The molecule has 0 aliphatic carbocycles. The van der Waals surface area contributed by atoms with Crippen LogP contribution in [0.15, 0.2) is 146 Å². The molecule has 0 saturated heterocycles. The van der Waals surface area contributed by atoms with E-state index in [1.54, 1.807) is 17.0 Å². The molecule has 7 nitrogen and oxygen atoms in total. The first-order chi connectivity index (χ1) is 23.9. The Bertz CT molecular complexity index is 2290. The number of alkyl halides is 3. The maximum absolute atomic E-state index is 13.4. The van der Waals surface area contributed by atoms with Crippen LogP contribution in [0.1, 0.15) is 5.56 Å². The molecule has 8 rings (SSSR count). The molecule has 10 heteroatoms. The fourth-order valence-corrected chi connectivity index (χ4v) is 5.68. The summed E-state index contributed by atoms with van der Waals surface area (Å²) in [5.41, 5.74) is 3.75. The molecule has 0 aliphatic rings. The minimum Gasteiger partial charge on any atom is -0.457 e. The number of rotatable bonds is 7. The van der Waals surface area contributed by atoms with Gasteiger partial charge in [0, 0.05) is 58.8 Å². The van der Waals surface area contributed by atoms with E-state index in [2.05, 4.69) is 19.9 Å². The Morgan fingerprint density at radius 1 is 0.490 bits per heavy atom. The summed E-state index contributed by atoms with van der Waals surface area (Å²) < 4.78 is 54.6. The molecule has 49 heavy (non-hydrogen) atoms. The average Bonchev–Trinajstić information content (AvgIpc) is 3.45. The number of hydrogen-bond donors (Lipinski definition) is 0. The summed E-state index contributed by atoms with van der Waals surface area (Å²) in [7, 11) is 0. The smallest absolute Gasteiger partial charge is 0.419 e. The maximum atomic E-state index is 13.4. The van der Waals surface area contributed by atoms with E-state index >= 15 is 0 Å². The molecule has 0 unspecified atom stereocenters. The zero-order chi connectivity index (χ0) is 33.4. The van der Waals surface area contributed by atoms with Gasteiger partial charge >= 0.3 is 6.18 Å². The van der Waals surface area contributed by atoms with Crippen LogP contribution in [-0.4, -0.2) is 24.5 Å². The van der Waals surface area contributed by atoms with Crippen molar-refractivity contribution in [2.75, 3.05) is 0 Å². The third kappa shape index (κ3) is 6.03. The number of ether oxygens (including phenoxy) is 2. The Kier molecular flexibility index (Phi) is 7.45. The van der Waals surface area contributed by atoms with Gasteiger partial charge in [-0.1, -0.05) is 36.4 Å². The summed E-state index contributed by atoms with van der Waals surface area (Å²) in [5, 5.41) is 1.66. The van der Waals surface area contributed by atoms with Crippen LogP contribution < -0.4 is 9.47 Å². The second-order valence-electron chi connectivity index (χ2n) is 11.2. The Balaban J connectivity index is 1.21. The lowest BCUT2D eigenvalue weighted by molar-refractivity contribution is -0.138. The molecule has 0 N–H and O–H groups in total. The third-order valence-electron chi connectivity index (χ3n) is 7.94. The first-order valence-electron chi connectivity index (χ1n) is 15.3. The SMILES string of the molecule is FC(F)(F)c1cnc(-n2c3cc(Oc4cccc(-c5ccccn5)c4)ccc3c3ccc(Oc4cccc(-c5ccccn5)c4)cc32)nc1. The van der Waals surface area contributed by atoms with Gasteiger partial charge in [0.05, 0.1) is 28.0 Å². The molecular formula is C39H24F3N5O2. The standard InChI is InChI=1S/C39H24F3N5O2/c40-39(41,42)27-23-45-38(46-24-27)47-36-21-30(48-28-9-5-7-25(19-28)34-11-1-3-17-43-34)13-15-32(36)33-16-14-31(22-37(33)47)49-29-10-6-8-26(20-29)35-12-2-4-18-44-35/h1-24H. The molecule has 8 aromatic rings. The Morgan fingerprint density at radius 2 is 0.980 bits per heavy atom. The highest BCUT2D eigenvalue weighted by Gasteiger charge is 2.31. The molecule has 4 aromatic heterocycles. The van der Waals surface area contributed by atoms with Gasteiger partial charge in [-0.15, -0.1) is 0 Å². The number of pyridine rings is 2. The van der Waals surface area contributed by atoms with Crippen molar-refractivity contribution in [3.8, 4) is 51.5 Å². The highest BCUT2D eigenvalue weighted by molar-refractivity contribution is 6.09. The fraction of sp³-hybridized carbons (Fsp3) is 0.0256. The van der Waals surface area contributed by atoms with Gasteiger partial charge in [-0.25, -0.2) is 9.97 Å². The van der Waals surface area contributed by atoms with Crippen molar-refractivity contribution in [3.05, 3.63) is 152 Å². The zero-order valence-electron chi connectivity index (χ0n) is 25.5. The summed E-state index contributed by atoms with van der Waals surface area (Å²) >= 11 is 0. The van der Waals surface area contributed by atoms with Crippen LogP contribution in [0.5, 0.6) is 23.0 Å². The molecule has 0 bridgehead atoms. The summed E-state index contributed by atoms with van der Waals surface area (Å²) in [4.78, 5) is 17.1. The van der Waals surface area contributed by atoms with E-state index in [1.807, 2.05) is 121 Å². The van der Waals surface area contributed by atoms with Crippen molar-refractivity contribution in [1.82, 2.24) is 24.5 Å². The monoisotopic (exact) mass is 651 g/mol. The fourth-order valence-electron chi connectivity index (χ4n) is 5.68. The lowest BCUT2D eigenvalue weighted by Crippen LogP contribution is -2.08. The van der Waals surface area contributed by atoms with Crippen LogP contribution in [0.2, 0.25) is 0 Å². The predicted molar refractivity (Wildman–Crippen MR) is 181 cm³/mol. The van der Waals surface area contributed by atoms with Crippen LogP contribution in [0.4, 0.5) is 13.2 Å². The summed E-state index contributed by atoms with van der Waals surface area (Å²) in [6, 6.07) is 37.7.